The van der Waals surface area contributed by atoms with E-state index in [9.17, 15) is 8.42 Å². The van der Waals surface area contributed by atoms with Gasteiger partial charge in [-0.2, -0.15) is 4.31 Å². The number of benzene rings is 1. The van der Waals surface area contributed by atoms with Gasteiger partial charge in [0.2, 0.25) is 10.0 Å². The zero-order chi connectivity index (χ0) is 20.6. The number of rotatable bonds is 3. The number of aliphatic imine (C=N–C) groups is 1. The highest BCUT2D eigenvalue weighted by Gasteiger charge is 2.44. The average Bonchev–Trinajstić information content (AvgIpc) is 3.20. The molecule has 1 aliphatic carbocycles. The molecule has 0 atom stereocenters. The zero-order valence-electron chi connectivity index (χ0n) is 17.9. The van der Waals surface area contributed by atoms with E-state index in [4.69, 9.17) is 4.99 Å². The van der Waals surface area contributed by atoms with Gasteiger partial charge >= 0.3 is 0 Å². The molecule has 160 valence electrons. The van der Waals surface area contributed by atoms with Gasteiger partial charge in [-0.05, 0) is 69.2 Å². The second kappa shape index (κ2) is 8.00. The lowest BCUT2D eigenvalue weighted by molar-refractivity contribution is 0.240. The van der Waals surface area contributed by atoms with Crippen LogP contribution >= 0.6 is 0 Å². The lowest BCUT2D eigenvalue weighted by Crippen LogP contribution is -2.65. The van der Waals surface area contributed by atoms with Gasteiger partial charge < -0.3 is 10.6 Å². The lowest BCUT2D eigenvalue weighted by atomic mass is 9.85. The monoisotopic (exact) mass is 418 g/mol. The second-order valence-corrected chi connectivity index (χ2v) is 10.9. The van der Waals surface area contributed by atoms with Crippen LogP contribution in [0.4, 0.5) is 0 Å². The molecule has 0 aromatic heterocycles. The van der Waals surface area contributed by atoms with Crippen LogP contribution in [0, 0.1) is 20.8 Å². The number of amidine groups is 1. The summed E-state index contributed by atoms with van der Waals surface area (Å²) in [6.45, 7) is 8.59. The number of nitrogens with zero attached hydrogens (tertiary/aromatic N) is 2. The molecule has 1 saturated heterocycles. The van der Waals surface area contributed by atoms with E-state index in [2.05, 4.69) is 10.6 Å². The van der Waals surface area contributed by atoms with Gasteiger partial charge in [-0.3, -0.25) is 4.99 Å². The summed E-state index contributed by atoms with van der Waals surface area (Å²) in [5.74, 6) is 1.06. The van der Waals surface area contributed by atoms with Gasteiger partial charge in [-0.1, -0.05) is 18.9 Å². The van der Waals surface area contributed by atoms with Gasteiger partial charge in [0.25, 0.3) is 0 Å². The molecule has 1 aromatic carbocycles. The van der Waals surface area contributed by atoms with E-state index >= 15 is 0 Å². The van der Waals surface area contributed by atoms with E-state index in [1.165, 1.54) is 25.7 Å². The molecule has 29 heavy (non-hydrogen) atoms. The van der Waals surface area contributed by atoms with Crippen molar-refractivity contribution in [3.05, 3.63) is 28.8 Å². The van der Waals surface area contributed by atoms with Crippen molar-refractivity contribution in [3.63, 3.8) is 0 Å². The first-order valence-corrected chi connectivity index (χ1v) is 12.4. The molecular formula is C22H34N4O2S. The predicted octanol–water partition coefficient (Wildman–Crippen LogP) is 2.67. The lowest BCUT2D eigenvalue weighted by Gasteiger charge is -2.45. The summed E-state index contributed by atoms with van der Waals surface area (Å²) in [5.41, 5.74) is 2.77. The van der Waals surface area contributed by atoms with E-state index in [1.807, 2.05) is 32.9 Å². The van der Waals surface area contributed by atoms with Crippen LogP contribution < -0.4 is 10.6 Å². The SMILES string of the molecule is Cc1cc(C)c(S(=O)(=O)N2CCC3(CC2)NCCN=C3NC2CCCC2)cc1C. The predicted molar refractivity (Wildman–Crippen MR) is 117 cm³/mol. The van der Waals surface area contributed by atoms with Gasteiger partial charge in [0.1, 0.15) is 5.84 Å². The minimum atomic E-state index is -3.48. The summed E-state index contributed by atoms with van der Waals surface area (Å²) >= 11 is 0. The van der Waals surface area contributed by atoms with Crippen LogP contribution in [0.5, 0.6) is 0 Å². The Kier molecular flexibility index (Phi) is 5.75. The van der Waals surface area contributed by atoms with Crippen molar-refractivity contribution < 1.29 is 8.42 Å². The molecule has 3 aliphatic rings. The summed E-state index contributed by atoms with van der Waals surface area (Å²) in [7, 11) is -3.48. The third-order valence-corrected chi connectivity index (χ3v) is 9.02. The van der Waals surface area contributed by atoms with Crippen molar-refractivity contribution in [2.24, 2.45) is 4.99 Å². The van der Waals surface area contributed by atoms with E-state index in [1.54, 1.807) is 4.31 Å². The topological polar surface area (TPSA) is 73.8 Å². The Morgan fingerprint density at radius 1 is 1.07 bits per heavy atom. The third kappa shape index (κ3) is 3.97. The van der Waals surface area contributed by atoms with Crippen LogP contribution in [0.15, 0.2) is 22.0 Å². The highest BCUT2D eigenvalue weighted by molar-refractivity contribution is 7.89. The van der Waals surface area contributed by atoms with Crippen LogP contribution in [-0.2, 0) is 10.0 Å². The standard InChI is InChI=1S/C22H34N4O2S/c1-16-14-18(3)20(15-17(16)2)29(27,28)26-12-8-22(9-13-26)21(23-10-11-24-22)25-19-6-4-5-7-19/h14-15,19,24H,4-13H2,1-3H3,(H,23,25). The number of hydrogen-bond donors (Lipinski definition) is 2. The number of aryl methyl sites for hydroxylation is 3. The van der Waals surface area contributed by atoms with Crippen LogP contribution in [-0.4, -0.2) is 56.3 Å². The molecule has 0 unspecified atom stereocenters. The van der Waals surface area contributed by atoms with E-state index in [0.717, 1.165) is 48.5 Å². The van der Waals surface area contributed by atoms with Crippen molar-refractivity contribution >= 4 is 15.9 Å². The van der Waals surface area contributed by atoms with Gasteiger partial charge in [0.05, 0.1) is 17.0 Å². The largest absolute Gasteiger partial charge is 0.370 e. The molecule has 1 spiro atoms. The van der Waals surface area contributed by atoms with Crippen molar-refractivity contribution in [2.75, 3.05) is 26.2 Å². The van der Waals surface area contributed by atoms with Gasteiger partial charge in [0.15, 0.2) is 0 Å². The Balaban J connectivity index is 1.51. The number of piperidine rings is 1. The van der Waals surface area contributed by atoms with Gasteiger partial charge in [-0.15, -0.1) is 0 Å². The van der Waals surface area contributed by atoms with Gasteiger partial charge in [-0.25, -0.2) is 8.42 Å². The molecule has 4 rings (SSSR count). The normalized spacial score (nSPS) is 23.3. The fourth-order valence-corrected chi connectivity index (χ4v) is 6.75. The van der Waals surface area contributed by atoms with Crippen LogP contribution in [0.25, 0.3) is 0 Å². The first kappa shape index (κ1) is 20.8. The van der Waals surface area contributed by atoms with Crippen molar-refractivity contribution in [3.8, 4) is 0 Å². The Labute approximate surface area is 175 Å². The molecule has 1 saturated carbocycles. The number of sulfonamides is 1. The first-order chi connectivity index (χ1) is 13.8. The third-order valence-electron chi connectivity index (χ3n) is 6.98. The summed E-state index contributed by atoms with van der Waals surface area (Å²) < 4.78 is 28.4. The molecular weight excluding hydrogens is 384 g/mol. The van der Waals surface area contributed by atoms with Crippen LogP contribution in [0.3, 0.4) is 0 Å². The maximum absolute atomic E-state index is 13.4. The van der Waals surface area contributed by atoms with Crippen molar-refractivity contribution in [1.29, 1.82) is 0 Å². The molecule has 6 nitrogen and oxygen atoms in total. The molecule has 2 fully saturated rings. The van der Waals surface area contributed by atoms with E-state index in [0.29, 0.717) is 24.0 Å². The summed E-state index contributed by atoms with van der Waals surface area (Å²) in [6.07, 6.45) is 6.51. The summed E-state index contributed by atoms with van der Waals surface area (Å²) in [4.78, 5) is 5.28. The molecule has 7 heteroatoms. The smallest absolute Gasteiger partial charge is 0.243 e. The average molecular weight is 419 g/mol. The molecule has 0 radical (unpaired) electrons. The molecule has 2 N–H and O–H groups in total. The highest BCUT2D eigenvalue weighted by Crippen LogP contribution is 2.31. The zero-order valence-corrected chi connectivity index (χ0v) is 18.7. The van der Waals surface area contributed by atoms with E-state index < -0.39 is 10.0 Å². The van der Waals surface area contributed by atoms with Crippen molar-refractivity contribution in [1.82, 2.24) is 14.9 Å². The highest BCUT2D eigenvalue weighted by atomic mass is 32.2. The second-order valence-electron chi connectivity index (χ2n) is 8.97. The van der Waals surface area contributed by atoms with Crippen LogP contribution in [0.1, 0.15) is 55.2 Å². The van der Waals surface area contributed by atoms with Gasteiger partial charge in [0, 0.05) is 25.7 Å². The fraction of sp³-hybridized carbons (Fsp3) is 0.682. The quantitative estimate of drug-likeness (QED) is 0.792. The molecule has 0 amide bonds. The van der Waals surface area contributed by atoms with Crippen molar-refractivity contribution in [2.45, 2.75) is 75.8 Å². The maximum atomic E-state index is 13.4. The number of nitrogens with one attached hydrogen (secondary N) is 2. The first-order valence-electron chi connectivity index (χ1n) is 11.0. The molecule has 2 heterocycles. The Bertz CT molecular complexity index is 896. The molecule has 1 aromatic rings. The summed E-state index contributed by atoms with van der Waals surface area (Å²) in [6, 6.07) is 4.33. The van der Waals surface area contributed by atoms with Crippen LogP contribution in [0.2, 0.25) is 0 Å². The minimum Gasteiger partial charge on any atom is -0.370 e. The van der Waals surface area contributed by atoms with E-state index in [-0.39, 0.29) is 5.54 Å². The number of hydrogen-bond acceptors (Lipinski definition) is 5. The molecule has 2 aliphatic heterocycles. The Hall–Kier alpha value is -1.44. The Morgan fingerprint density at radius 2 is 1.72 bits per heavy atom. The summed E-state index contributed by atoms with van der Waals surface area (Å²) in [5, 5.41) is 7.39. The Morgan fingerprint density at radius 3 is 2.41 bits per heavy atom. The maximum Gasteiger partial charge on any atom is 0.243 e. The fourth-order valence-electron chi connectivity index (χ4n) is 5.02. The minimum absolute atomic E-state index is 0.203. The molecule has 0 bridgehead atoms.